The van der Waals surface area contributed by atoms with E-state index in [-0.39, 0.29) is 22.9 Å². The van der Waals surface area contributed by atoms with Crippen LogP contribution in [0.15, 0.2) is 59.9 Å². The molecule has 2 atom stereocenters. The maximum absolute atomic E-state index is 13.2. The largest absolute Gasteiger partial charge is 0.378 e. The SMILES string of the molecule is CN1C2COCC1CN(S(=O)(=O)c1ccc(CNC(=O)c3ccc4nccn4c3)cc1)C2. The Kier molecular flexibility index (Phi) is 5.46. The number of carbonyl (C=O) groups is 1. The lowest BCUT2D eigenvalue weighted by Crippen LogP contribution is -2.63. The number of amides is 1. The number of ether oxygens (including phenoxy) is 1. The first-order valence-electron chi connectivity index (χ1n) is 10.5. The summed E-state index contributed by atoms with van der Waals surface area (Å²) in [5.41, 5.74) is 2.12. The van der Waals surface area contributed by atoms with Gasteiger partial charge in [-0.25, -0.2) is 13.4 Å². The highest BCUT2D eigenvalue weighted by Crippen LogP contribution is 2.25. The van der Waals surface area contributed by atoms with Gasteiger partial charge in [0.15, 0.2) is 0 Å². The van der Waals surface area contributed by atoms with Gasteiger partial charge >= 0.3 is 0 Å². The lowest BCUT2D eigenvalue weighted by Gasteiger charge is -2.47. The van der Waals surface area contributed by atoms with Gasteiger partial charge in [0, 0.05) is 50.3 Å². The van der Waals surface area contributed by atoms with Crippen molar-refractivity contribution in [1.82, 2.24) is 23.9 Å². The van der Waals surface area contributed by atoms with Gasteiger partial charge in [0.2, 0.25) is 10.0 Å². The van der Waals surface area contributed by atoms with Crippen LogP contribution in [0, 0.1) is 0 Å². The predicted molar refractivity (Wildman–Crippen MR) is 118 cm³/mol. The van der Waals surface area contributed by atoms with Gasteiger partial charge in [-0.15, -0.1) is 0 Å². The fourth-order valence-electron chi connectivity index (χ4n) is 4.24. The molecule has 2 saturated heterocycles. The Morgan fingerprint density at radius 1 is 1.12 bits per heavy atom. The van der Waals surface area contributed by atoms with Crippen molar-refractivity contribution in [2.75, 3.05) is 33.4 Å². The van der Waals surface area contributed by atoms with Gasteiger partial charge in [0.25, 0.3) is 5.91 Å². The summed E-state index contributed by atoms with van der Waals surface area (Å²) in [7, 11) is -1.55. The molecule has 3 aromatic rings. The number of carbonyl (C=O) groups excluding carboxylic acids is 1. The molecule has 0 radical (unpaired) electrons. The molecular weight excluding hydrogens is 430 g/mol. The van der Waals surface area contributed by atoms with Gasteiger partial charge in [0.05, 0.1) is 23.7 Å². The Balaban J connectivity index is 1.24. The molecule has 2 fully saturated rings. The molecule has 168 valence electrons. The van der Waals surface area contributed by atoms with E-state index in [0.717, 1.165) is 11.2 Å². The van der Waals surface area contributed by atoms with Crippen LogP contribution >= 0.6 is 0 Å². The molecule has 5 rings (SSSR count). The molecule has 2 aromatic heterocycles. The first-order valence-corrected chi connectivity index (χ1v) is 12.0. The van der Waals surface area contributed by atoms with Crippen LogP contribution in [0.3, 0.4) is 0 Å². The number of hydrogen-bond acceptors (Lipinski definition) is 6. The van der Waals surface area contributed by atoms with Crippen LogP contribution in [-0.4, -0.2) is 78.3 Å². The number of imidazole rings is 1. The van der Waals surface area contributed by atoms with E-state index in [1.807, 2.05) is 7.05 Å². The molecule has 9 nitrogen and oxygen atoms in total. The van der Waals surface area contributed by atoms with E-state index in [0.29, 0.717) is 38.4 Å². The van der Waals surface area contributed by atoms with Gasteiger partial charge in [-0.3, -0.25) is 9.69 Å². The monoisotopic (exact) mass is 455 g/mol. The fourth-order valence-corrected chi connectivity index (χ4v) is 5.76. The van der Waals surface area contributed by atoms with E-state index < -0.39 is 10.0 Å². The topological polar surface area (TPSA) is 96.2 Å². The van der Waals surface area contributed by atoms with Crippen LogP contribution in [0.25, 0.3) is 5.65 Å². The number of rotatable bonds is 5. The van der Waals surface area contributed by atoms with Gasteiger partial charge in [-0.1, -0.05) is 12.1 Å². The van der Waals surface area contributed by atoms with E-state index in [4.69, 9.17) is 4.74 Å². The number of hydrogen-bond donors (Lipinski definition) is 1. The molecule has 1 N–H and O–H groups in total. The summed E-state index contributed by atoms with van der Waals surface area (Å²) >= 11 is 0. The number of benzene rings is 1. The number of aromatic nitrogens is 2. The van der Waals surface area contributed by atoms with Crippen molar-refractivity contribution >= 4 is 21.6 Å². The van der Waals surface area contributed by atoms with Gasteiger partial charge < -0.3 is 14.5 Å². The molecule has 2 bridgehead atoms. The molecule has 1 amide bonds. The smallest absolute Gasteiger partial charge is 0.253 e. The van der Waals surface area contributed by atoms with Crippen LogP contribution in [-0.2, 0) is 21.3 Å². The first-order chi connectivity index (χ1) is 15.4. The van der Waals surface area contributed by atoms with Crippen LogP contribution in [0.5, 0.6) is 0 Å². The second-order valence-electron chi connectivity index (χ2n) is 8.27. The van der Waals surface area contributed by atoms with Crippen molar-refractivity contribution in [2.24, 2.45) is 0 Å². The van der Waals surface area contributed by atoms with E-state index in [2.05, 4.69) is 15.2 Å². The minimum atomic E-state index is -3.58. The predicted octanol–water partition coefficient (Wildman–Crippen LogP) is 0.968. The van der Waals surface area contributed by atoms with Crippen molar-refractivity contribution in [3.05, 3.63) is 66.1 Å². The maximum Gasteiger partial charge on any atom is 0.253 e. The number of morpholine rings is 1. The van der Waals surface area contributed by atoms with Crippen LogP contribution in [0.4, 0.5) is 0 Å². The van der Waals surface area contributed by atoms with E-state index >= 15 is 0 Å². The zero-order valence-electron chi connectivity index (χ0n) is 17.7. The molecule has 32 heavy (non-hydrogen) atoms. The van der Waals surface area contributed by atoms with E-state index in [1.54, 1.807) is 63.7 Å². The van der Waals surface area contributed by atoms with Crippen molar-refractivity contribution in [3.8, 4) is 0 Å². The summed E-state index contributed by atoms with van der Waals surface area (Å²) in [6, 6.07) is 10.4. The van der Waals surface area contributed by atoms with Crippen LogP contribution < -0.4 is 5.32 Å². The van der Waals surface area contributed by atoms with E-state index in [9.17, 15) is 13.2 Å². The maximum atomic E-state index is 13.2. The normalized spacial score (nSPS) is 22.2. The van der Waals surface area contributed by atoms with Crippen molar-refractivity contribution in [3.63, 3.8) is 0 Å². The second kappa shape index (κ2) is 8.28. The molecule has 2 unspecified atom stereocenters. The molecule has 4 heterocycles. The first kappa shape index (κ1) is 21.1. The van der Waals surface area contributed by atoms with E-state index in [1.165, 1.54) is 0 Å². The lowest BCUT2D eigenvalue weighted by atomic mass is 10.1. The Bertz CT molecular complexity index is 1230. The highest BCUT2D eigenvalue weighted by molar-refractivity contribution is 7.89. The Morgan fingerprint density at radius 2 is 1.84 bits per heavy atom. The second-order valence-corrected chi connectivity index (χ2v) is 10.2. The number of nitrogens with zero attached hydrogens (tertiary/aromatic N) is 4. The fraction of sp³-hybridized carbons (Fsp3) is 0.364. The Morgan fingerprint density at radius 3 is 2.56 bits per heavy atom. The number of piperazine rings is 1. The average Bonchev–Trinajstić information content (AvgIpc) is 3.25. The van der Waals surface area contributed by atoms with Crippen LogP contribution in [0.2, 0.25) is 0 Å². The highest BCUT2D eigenvalue weighted by atomic mass is 32.2. The van der Waals surface area contributed by atoms with Crippen molar-refractivity contribution in [1.29, 1.82) is 0 Å². The summed E-state index contributed by atoms with van der Waals surface area (Å²) in [4.78, 5) is 19.1. The number of fused-ring (bicyclic) bond motifs is 3. The molecule has 1 aromatic carbocycles. The number of nitrogens with one attached hydrogen (secondary N) is 1. The molecular formula is C22H25N5O4S. The lowest BCUT2D eigenvalue weighted by molar-refractivity contribution is -0.0688. The summed E-state index contributed by atoms with van der Waals surface area (Å²) in [5, 5.41) is 2.87. The standard InChI is InChI=1S/C22H25N5O4S/c1-25-18-12-27(13-19(25)15-31-14-18)32(29,30)20-5-2-16(3-6-20)10-24-22(28)17-4-7-21-23-8-9-26(21)11-17/h2-9,11,18-19H,10,12-15H2,1H3,(H,24,28). The summed E-state index contributed by atoms with van der Waals surface area (Å²) < 4.78 is 35.3. The Hall–Kier alpha value is -2.79. The molecule has 2 aliphatic heterocycles. The third kappa shape index (κ3) is 3.90. The number of pyridine rings is 1. The third-order valence-corrected chi connectivity index (χ3v) is 8.11. The number of likely N-dealkylation sites (N-methyl/N-ethyl adjacent to an activating group) is 1. The van der Waals surface area contributed by atoms with Gasteiger partial charge in [-0.2, -0.15) is 4.31 Å². The zero-order chi connectivity index (χ0) is 22.3. The molecule has 10 heteroatoms. The quantitative estimate of drug-likeness (QED) is 0.616. The minimum absolute atomic E-state index is 0.0771. The Labute approximate surface area is 186 Å². The zero-order valence-corrected chi connectivity index (χ0v) is 18.5. The van der Waals surface area contributed by atoms with Gasteiger partial charge in [0.1, 0.15) is 5.65 Å². The van der Waals surface area contributed by atoms with Crippen molar-refractivity contribution < 1.29 is 17.9 Å². The van der Waals surface area contributed by atoms with Crippen molar-refractivity contribution in [2.45, 2.75) is 23.5 Å². The summed E-state index contributed by atoms with van der Waals surface area (Å²) in [6.07, 6.45) is 5.19. The average molecular weight is 456 g/mol. The highest BCUT2D eigenvalue weighted by Gasteiger charge is 2.40. The molecule has 0 saturated carbocycles. The van der Waals surface area contributed by atoms with Gasteiger partial charge in [-0.05, 0) is 36.9 Å². The number of sulfonamides is 1. The molecule has 0 spiro atoms. The van der Waals surface area contributed by atoms with Crippen LogP contribution in [0.1, 0.15) is 15.9 Å². The minimum Gasteiger partial charge on any atom is -0.378 e. The third-order valence-electron chi connectivity index (χ3n) is 6.27. The molecule has 2 aliphatic rings. The summed E-state index contributed by atoms with van der Waals surface area (Å²) in [5.74, 6) is -0.205. The summed E-state index contributed by atoms with van der Waals surface area (Å²) in [6.45, 7) is 2.25. The molecule has 0 aliphatic carbocycles.